The number of hydrogen-bond donors (Lipinski definition) is 0. The van der Waals surface area contributed by atoms with Crippen molar-refractivity contribution in [3.8, 4) is 5.75 Å². The minimum absolute atomic E-state index is 0.127. The average Bonchev–Trinajstić information content (AvgIpc) is 2.49. The van der Waals surface area contributed by atoms with Gasteiger partial charge < -0.3 is 13.8 Å². The Morgan fingerprint density at radius 2 is 1.86 bits per heavy atom. The van der Waals surface area contributed by atoms with Gasteiger partial charge in [-0.05, 0) is 25.1 Å². The van der Waals surface area contributed by atoms with Crippen molar-refractivity contribution < 1.29 is 18.3 Å². The summed E-state index contributed by atoms with van der Waals surface area (Å²) >= 11 is 0. The van der Waals surface area contributed by atoms with E-state index in [1.165, 1.54) is 0 Å². The molecule has 0 N–H and O–H groups in total. The van der Waals surface area contributed by atoms with Gasteiger partial charge >= 0.3 is 7.60 Å². The topological polar surface area (TPSA) is 44.8 Å². The highest BCUT2D eigenvalue weighted by Gasteiger charge is 2.42. The van der Waals surface area contributed by atoms with Crippen molar-refractivity contribution in [1.29, 1.82) is 0 Å². The van der Waals surface area contributed by atoms with E-state index in [0.29, 0.717) is 24.3 Å². The molecule has 1 aromatic carbocycles. The quantitative estimate of drug-likeness (QED) is 0.712. The maximum atomic E-state index is 13.0. The molecule has 21 heavy (non-hydrogen) atoms. The number of para-hydroxylation sites is 1. The molecular weight excluding hydrogens is 287 g/mol. The summed E-state index contributed by atoms with van der Waals surface area (Å²) in [6.07, 6.45) is 3.63. The third kappa shape index (κ3) is 2.71. The highest BCUT2D eigenvalue weighted by atomic mass is 31.2. The third-order valence-electron chi connectivity index (χ3n) is 3.49. The Bertz CT molecular complexity index is 659. The van der Waals surface area contributed by atoms with Crippen molar-refractivity contribution in [2.75, 3.05) is 13.2 Å². The van der Waals surface area contributed by atoms with Crippen LogP contribution in [0.3, 0.4) is 0 Å². The van der Waals surface area contributed by atoms with Crippen LogP contribution >= 0.6 is 7.60 Å². The molecule has 1 aromatic rings. The first kappa shape index (κ1) is 14.6. The van der Waals surface area contributed by atoms with Crippen LogP contribution in [0, 0.1) is 5.41 Å². The summed E-state index contributed by atoms with van der Waals surface area (Å²) < 4.78 is 30.1. The van der Waals surface area contributed by atoms with Crippen LogP contribution in [0.25, 0.3) is 6.08 Å². The zero-order valence-corrected chi connectivity index (χ0v) is 13.4. The van der Waals surface area contributed by atoms with Crippen molar-refractivity contribution >= 4 is 13.7 Å². The summed E-state index contributed by atoms with van der Waals surface area (Å²) in [5.74, 6) is 1.29. The van der Waals surface area contributed by atoms with Crippen LogP contribution in [0.15, 0.2) is 41.4 Å². The molecule has 0 aliphatic carbocycles. The molecule has 2 aliphatic rings. The lowest BCUT2D eigenvalue weighted by atomic mass is 9.97. The minimum Gasteiger partial charge on any atom is -0.456 e. The Hall–Kier alpha value is -1.35. The van der Waals surface area contributed by atoms with E-state index in [-0.39, 0.29) is 5.41 Å². The van der Waals surface area contributed by atoms with Crippen molar-refractivity contribution in [3.63, 3.8) is 0 Å². The summed E-state index contributed by atoms with van der Waals surface area (Å²) in [5, 5.41) is 0.499. The predicted molar refractivity (Wildman–Crippen MR) is 82.1 cm³/mol. The van der Waals surface area contributed by atoms with Gasteiger partial charge in [0.1, 0.15) is 16.8 Å². The first-order valence-electron chi connectivity index (χ1n) is 6.98. The first-order chi connectivity index (χ1) is 9.93. The molecule has 0 amide bonds. The highest BCUT2D eigenvalue weighted by Crippen LogP contribution is 2.63. The Labute approximate surface area is 124 Å². The molecule has 4 nitrogen and oxygen atoms in total. The summed E-state index contributed by atoms with van der Waals surface area (Å²) in [4.78, 5) is 0. The van der Waals surface area contributed by atoms with E-state index in [4.69, 9.17) is 13.8 Å². The molecule has 0 radical (unpaired) electrons. The molecule has 5 heteroatoms. The van der Waals surface area contributed by atoms with Crippen molar-refractivity contribution in [2.24, 2.45) is 5.41 Å². The van der Waals surface area contributed by atoms with Crippen LogP contribution in [0.5, 0.6) is 5.75 Å². The zero-order valence-electron chi connectivity index (χ0n) is 12.5. The van der Waals surface area contributed by atoms with Crippen LogP contribution in [-0.2, 0) is 13.6 Å². The molecule has 2 heterocycles. The number of ether oxygens (including phenoxy) is 1. The van der Waals surface area contributed by atoms with Gasteiger partial charge in [0.2, 0.25) is 0 Å². The van der Waals surface area contributed by atoms with E-state index in [1.807, 2.05) is 51.1 Å². The lowest BCUT2D eigenvalue weighted by Crippen LogP contribution is -2.30. The Balaban J connectivity index is 2.01. The van der Waals surface area contributed by atoms with Gasteiger partial charge in [-0.1, -0.05) is 32.0 Å². The zero-order chi connectivity index (χ0) is 15.1. The van der Waals surface area contributed by atoms with Crippen molar-refractivity contribution in [1.82, 2.24) is 0 Å². The highest BCUT2D eigenvalue weighted by molar-refractivity contribution is 7.59. The number of benzene rings is 1. The fourth-order valence-electron chi connectivity index (χ4n) is 2.24. The molecule has 0 unspecified atom stereocenters. The minimum atomic E-state index is -3.33. The summed E-state index contributed by atoms with van der Waals surface area (Å²) in [6.45, 7) is 6.69. The number of hydrogen-bond acceptors (Lipinski definition) is 4. The summed E-state index contributed by atoms with van der Waals surface area (Å²) in [5.41, 5.74) is 0.753. The van der Waals surface area contributed by atoms with Crippen LogP contribution in [0.1, 0.15) is 26.3 Å². The van der Waals surface area contributed by atoms with Gasteiger partial charge in [0.25, 0.3) is 0 Å². The fourth-order valence-corrected chi connectivity index (χ4v) is 4.37. The molecule has 0 saturated carbocycles. The van der Waals surface area contributed by atoms with Gasteiger partial charge in [-0.2, -0.15) is 0 Å². The van der Waals surface area contributed by atoms with Crippen molar-refractivity contribution in [2.45, 2.75) is 20.8 Å². The Morgan fingerprint density at radius 3 is 2.52 bits per heavy atom. The van der Waals surface area contributed by atoms with Crippen LogP contribution in [0.4, 0.5) is 0 Å². The maximum Gasteiger partial charge on any atom is 0.365 e. The normalized spacial score (nSPS) is 24.9. The van der Waals surface area contributed by atoms with Gasteiger partial charge in [-0.15, -0.1) is 0 Å². The smallest absolute Gasteiger partial charge is 0.365 e. The largest absolute Gasteiger partial charge is 0.456 e. The summed E-state index contributed by atoms with van der Waals surface area (Å²) in [7, 11) is -3.33. The molecule has 3 rings (SSSR count). The van der Waals surface area contributed by atoms with E-state index >= 15 is 0 Å². The van der Waals surface area contributed by atoms with E-state index < -0.39 is 7.60 Å². The Kier molecular flexibility index (Phi) is 3.56. The maximum absolute atomic E-state index is 13.0. The number of fused-ring (bicyclic) bond motifs is 1. The fraction of sp³-hybridized carbons (Fsp3) is 0.375. The number of allylic oxidation sites excluding steroid dienone is 2. The van der Waals surface area contributed by atoms with Crippen LogP contribution in [-0.4, -0.2) is 13.2 Å². The second-order valence-electron chi connectivity index (χ2n) is 6.03. The van der Waals surface area contributed by atoms with E-state index in [2.05, 4.69) is 0 Å². The van der Waals surface area contributed by atoms with Crippen LogP contribution < -0.4 is 4.74 Å². The van der Waals surface area contributed by atoms with Crippen LogP contribution in [0.2, 0.25) is 0 Å². The molecule has 1 fully saturated rings. The van der Waals surface area contributed by atoms with E-state index in [9.17, 15) is 4.57 Å². The lowest BCUT2D eigenvalue weighted by molar-refractivity contribution is 0.0444. The molecule has 2 aliphatic heterocycles. The van der Waals surface area contributed by atoms with Crippen molar-refractivity contribution in [3.05, 3.63) is 47.0 Å². The molecule has 0 aromatic heterocycles. The standard InChI is InChI=1S/C16H19O4P/c1-4-13-15(9-12-7-5-6-8-14(12)20-13)21(17)18-10-16(2,3)11-19-21/h4-9H,10-11H2,1-3H3/b13-4-. The SMILES string of the molecule is C/C=C1\Oc2ccccc2C=C1P1(=O)OCC(C)(C)CO1. The molecule has 0 bridgehead atoms. The van der Waals surface area contributed by atoms with Gasteiger partial charge in [0, 0.05) is 11.0 Å². The molecule has 1 saturated heterocycles. The van der Waals surface area contributed by atoms with Gasteiger partial charge in [-0.25, -0.2) is 0 Å². The van der Waals surface area contributed by atoms with Gasteiger partial charge in [-0.3, -0.25) is 4.57 Å². The summed E-state index contributed by atoms with van der Waals surface area (Å²) in [6, 6.07) is 7.62. The van der Waals surface area contributed by atoms with Gasteiger partial charge in [0.15, 0.2) is 0 Å². The average molecular weight is 306 g/mol. The molecular formula is C16H19O4P. The predicted octanol–water partition coefficient (Wildman–Crippen LogP) is 4.59. The van der Waals surface area contributed by atoms with E-state index in [1.54, 1.807) is 6.08 Å². The third-order valence-corrected chi connectivity index (χ3v) is 5.37. The second kappa shape index (κ2) is 5.13. The van der Waals surface area contributed by atoms with E-state index in [0.717, 1.165) is 11.3 Å². The second-order valence-corrected chi connectivity index (χ2v) is 8.02. The molecule has 112 valence electrons. The monoisotopic (exact) mass is 306 g/mol. The first-order valence-corrected chi connectivity index (χ1v) is 8.53. The lowest BCUT2D eigenvalue weighted by Gasteiger charge is -2.36. The molecule has 0 spiro atoms. The number of rotatable bonds is 1. The molecule has 0 atom stereocenters. The van der Waals surface area contributed by atoms with Gasteiger partial charge in [0.05, 0.1) is 13.2 Å². The Morgan fingerprint density at radius 1 is 1.19 bits per heavy atom.